The highest BCUT2D eigenvalue weighted by molar-refractivity contribution is 7.14. The molecule has 2 heterocycles. The minimum Gasteiger partial charge on any atom is -0.461 e. The number of esters is 1. The van der Waals surface area contributed by atoms with Gasteiger partial charge in [-0.15, -0.1) is 11.3 Å². The molecule has 0 aromatic carbocycles. The third-order valence-electron chi connectivity index (χ3n) is 2.41. The van der Waals surface area contributed by atoms with E-state index in [0.717, 1.165) is 11.3 Å². The lowest BCUT2D eigenvalue weighted by atomic mass is 10.2. The number of H-pyrrole nitrogens is 1. The Bertz CT molecular complexity index is 535. The fourth-order valence-corrected chi connectivity index (χ4v) is 2.11. The largest absolute Gasteiger partial charge is 0.461 e. The number of thiazole rings is 1. The van der Waals surface area contributed by atoms with Gasteiger partial charge in [0.25, 0.3) is 0 Å². The van der Waals surface area contributed by atoms with Gasteiger partial charge in [0.2, 0.25) is 0 Å². The van der Waals surface area contributed by atoms with E-state index in [4.69, 9.17) is 4.74 Å². The molecule has 0 radical (unpaired) electrons. The fourth-order valence-electron chi connectivity index (χ4n) is 1.45. The molecule has 2 rings (SSSR count). The van der Waals surface area contributed by atoms with Crippen LogP contribution in [0.3, 0.4) is 0 Å². The monoisotopic (exact) mass is 266 g/mol. The van der Waals surface area contributed by atoms with Crippen LogP contribution >= 0.6 is 11.3 Å². The number of carbonyl (C=O) groups excluding carboxylic acids is 1. The van der Waals surface area contributed by atoms with Gasteiger partial charge in [0.15, 0.2) is 5.69 Å². The third-order valence-corrected chi connectivity index (χ3v) is 3.19. The van der Waals surface area contributed by atoms with Crippen molar-refractivity contribution >= 4 is 22.3 Å². The van der Waals surface area contributed by atoms with Crippen LogP contribution in [-0.2, 0) is 11.3 Å². The summed E-state index contributed by atoms with van der Waals surface area (Å²) >= 11 is 1.38. The molecule has 0 amide bonds. The van der Waals surface area contributed by atoms with Gasteiger partial charge < -0.3 is 10.1 Å². The van der Waals surface area contributed by atoms with Crippen molar-refractivity contribution in [3.8, 4) is 0 Å². The first-order valence-electron chi connectivity index (χ1n) is 5.55. The van der Waals surface area contributed by atoms with Gasteiger partial charge in [-0.25, -0.2) is 9.78 Å². The van der Waals surface area contributed by atoms with Crippen molar-refractivity contribution in [2.24, 2.45) is 0 Å². The van der Waals surface area contributed by atoms with Crippen LogP contribution in [0, 0.1) is 6.92 Å². The summed E-state index contributed by atoms with van der Waals surface area (Å²) < 4.78 is 4.93. The smallest absolute Gasteiger partial charge is 0.360 e. The lowest BCUT2D eigenvalue weighted by molar-refractivity contribution is 0.0521. The number of aromatic amines is 1. The molecule has 0 fully saturated rings. The van der Waals surface area contributed by atoms with Gasteiger partial charge >= 0.3 is 5.97 Å². The summed E-state index contributed by atoms with van der Waals surface area (Å²) in [4.78, 5) is 15.6. The molecule has 0 unspecified atom stereocenters. The molecule has 0 bridgehead atoms. The van der Waals surface area contributed by atoms with Crippen molar-refractivity contribution in [3.05, 3.63) is 28.7 Å². The maximum absolute atomic E-state index is 11.6. The summed E-state index contributed by atoms with van der Waals surface area (Å²) in [5.74, 6) is -0.398. The van der Waals surface area contributed by atoms with E-state index in [1.807, 2.05) is 6.92 Å². The summed E-state index contributed by atoms with van der Waals surface area (Å²) in [6.07, 6.45) is 1.76. The second-order valence-corrected chi connectivity index (χ2v) is 4.48. The number of nitrogens with one attached hydrogen (secondary N) is 2. The maximum atomic E-state index is 11.6. The molecule has 0 aliphatic heterocycles. The molecule has 0 saturated heterocycles. The normalized spacial score (nSPS) is 10.3. The number of hydrogen-bond acceptors (Lipinski definition) is 6. The molecular weight excluding hydrogens is 252 g/mol. The molecule has 0 spiro atoms. The quantitative estimate of drug-likeness (QED) is 0.809. The first-order valence-corrected chi connectivity index (χ1v) is 6.43. The minimum absolute atomic E-state index is 0.336. The van der Waals surface area contributed by atoms with Gasteiger partial charge in [-0.3, -0.25) is 5.10 Å². The predicted molar refractivity (Wildman–Crippen MR) is 68.7 cm³/mol. The Hall–Kier alpha value is -1.89. The zero-order valence-corrected chi connectivity index (χ0v) is 11.0. The minimum atomic E-state index is -0.398. The number of carbonyl (C=O) groups is 1. The average Bonchev–Trinajstić information content (AvgIpc) is 2.95. The van der Waals surface area contributed by atoms with Gasteiger partial charge in [0.1, 0.15) is 5.00 Å². The molecule has 0 aliphatic carbocycles. The van der Waals surface area contributed by atoms with E-state index >= 15 is 0 Å². The van der Waals surface area contributed by atoms with Gasteiger partial charge in [-0.1, -0.05) is 0 Å². The van der Waals surface area contributed by atoms with E-state index in [1.54, 1.807) is 18.6 Å². The Morgan fingerprint density at radius 3 is 3.11 bits per heavy atom. The van der Waals surface area contributed by atoms with Gasteiger partial charge in [0, 0.05) is 17.8 Å². The lowest BCUT2D eigenvalue weighted by Crippen LogP contribution is -2.09. The number of aryl methyl sites for hydroxylation is 1. The lowest BCUT2D eigenvalue weighted by Gasteiger charge is -2.05. The molecule has 18 heavy (non-hydrogen) atoms. The Morgan fingerprint density at radius 1 is 1.61 bits per heavy atom. The first-order chi connectivity index (χ1) is 8.72. The highest BCUT2D eigenvalue weighted by atomic mass is 32.1. The number of aromatic nitrogens is 3. The summed E-state index contributed by atoms with van der Waals surface area (Å²) in [6, 6.07) is 0. The molecule has 96 valence electrons. The number of ether oxygens (including phenoxy) is 1. The van der Waals surface area contributed by atoms with Gasteiger partial charge in [-0.05, 0) is 13.8 Å². The summed E-state index contributed by atoms with van der Waals surface area (Å²) in [6.45, 7) is 4.66. The SMILES string of the molecule is CCOC(=O)c1ncsc1NCc1cn[nH]c1C. The van der Waals surface area contributed by atoms with E-state index in [-0.39, 0.29) is 0 Å². The number of anilines is 1. The van der Waals surface area contributed by atoms with Gasteiger partial charge in [0.05, 0.1) is 18.3 Å². The van der Waals surface area contributed by atoms with Crippen molar-refractivity contribution in [1.29, 1.82) is 0 Å². The Kier molecular flexibility index (Phi) is 3.93. The van der Waals surface area contributed by atoms with Crippen LogP contribution in [-0.4, -0.2) is 27.8 Å². The molecule has 0 saturated carbocycles. The van der Waals surface area contributed by atoms with Crippen molar-refractivity contribution in [2.45, 2.75) is 20.4 Å². The molecule has 7 heteroatoms. The van der Waals surface area contributed by atoms with E-state index in [0.29, 0.717) is 23.8 Å². The molecule has 0 atom stereocenters. The van der Waals surface area contributed by atoms with Crippen LogP contribution in [0.25, 0.3) is 0 Å². The van der Waals surface area contributed by atoms with Crippen molar-refractivity contribution in [3.63, 3.8) is 0 Å². The summed E-state index contributed by atoms with van der Waals surface area (Å²) in [5, 5.41) is 10.7. The molecular formula is C11H14N4O2S. The standard InChI is InChI=1S/C11H14N4O2S/c1-3-17-11(16)9-10(18-6-13-9)12-4-8-5-14-15-7(8)2/h5-6,12H,3-4H2,1-2H3,(H,14,15). The van der Waals surface area contributed by atoms with E-state index < -0.39 is 5.97 Å². The molecule has 2 aromatic rings. The van der Waals surface area contributed by atoms with Crippen molar-refractivity contribution in [1.82, 2.24) is 15.2 Å². The van der Waals surface area contributed by atoms with Crippen molar-refractivity contribution < 1.29 is 9.53 Å². The highest BCUT2D eigenvalue weighted by Crippen LogP contribution is 2.22. The molecule has 2 aromatic heterocycles. The fraction of sp³-hybridized carbons (Fsp3) is 0.364. The van der Waals surface area contributed by atoms with Crippen LogP contribution in [0.5, 0.6) is 0 Å². The molecule has 2 N–H and O–H groups in total. The van der Waals surface area contributed by atoms with E-state index in [2.05, 4.69) is 20.5 Å². The maximum Gasteiger partial charge on any atom is 0.360 e. The van der Waals surface area contributed by atoms with Gasteiger partial charge in [-0.2, -0.15) is 5.10 Å². The predicted octanol–water partition coefficient (Wildman–Crippen LogP) is 1.96. The Labute approximate surface area is 108 Å². The van der Waals surface area contributed by atoms with Crippen LogP contribution in [0.2, 0.25) is 0 Å². The zero-order valence-electron chi connectivity index (χ0n) is 10.2. The topological polar surface area (TPSA) is 79.9 Å². The van der Waals surface area contributed by atoms with Crippen LogP contribution in [0.4, 0.5) is 5.00 Å². The number of nitrogens with zero attached hydrogens (tertiary/aromatic N) is 2. The van der Waals surface area contributed by atoms with Crippen molar-refractivity contribution in [2.75, 3.05) is 11.9 Å². The molecule has 0 aliphatic rings. The average molecular weight is 266 g/mol. The van der Waals surface area contributed by atoms with Crippen LogP contribution < -0.4 is 5.32 Å². The number of hydrogen-bond donors (Lipinski definition) is 2. The third kappa shape index (κ3) is 2.67. The Morgan fingerprint density at radius 2 is 2.44 bits per heavy atom. The van der Waals surface area contributed by atoms with E-state index in [1.165, 1.54) is 11.3 Å². The zero-order chi connectivity index (χ0) is 13.0. The second kappa shape index (κ2) is 5.63. The van der Waals surface area contributed by atoms with Crippen LogP contribution in [0.1, 0.15) is 28.7 Å². The molecule has 6 nitrogen and oxygen atoms in total. The Balaban J connectivity index is 2.04. The first kappa shape index (κ1) is 12.6. The summed E-state index contributed by atoms with van der Waals surface area (Å²) in [5.41, 5.74) is 4.02. The van der Waals surface area contributed by atoms with E-state index in [9.17, 15) is 4.79 Å². The highest BCUT2D eigenvalue weighted by Gasteiger charge is 2.16. The number of rotatable bonds is 5. The van der Waals surface area contributed by atoms with Crippen LogP contribution in [0.15, 0.2) is 11.7 Å². The summed E-state index contributed by atoms with van der Waals surface area (Å²) in [7, 11) is 0. The second-order valence-electron chi connectivity index (χ2n) is 3.62.